The second-order valence-electron chi connectivity index (χ2n) is 2.21. The zero-order valence-electron chi connectivity index (χ0n) is 6.74. The minimum absolute atomic E-state index is 0.171. The third-order valence-electron chi connectivity index (χ3n) is 1.32. The van der Waals surface area contributed by atoms with Crippen LogP contribution < -0.4 is 16.6 Å². The van der Waals surface area contributed by atoms with Crippen LogP contribution in [-0.4, -0.2) is 22.1 Å². The number of hydrogen-bond donors (Lipinski definition) is 2. The molecule has 0 aliphatic rings. The molecule has 6 nitrogen and oxygen atoms in total. The Balaban J connectivity index is 3.09. The second kappa shape index (κ2) is 3.70. The summed E-state index contributed by atoms with van der Waals surface area (Å²) in [4.78, 5) is 34.6. The minimum Gasteiger partial charge on any atom is -0.337 e. The standard InChI is InChI=1S/C7H8N3O3/c1-2-8-6(12)10-4-3-5(11)9-7(10)13/h3-4H,1-2H2,(H,8,12)(H,9,11,13). The molecular formula is C7H8N3O3. The van der Waals surface area contributed by atoms with Crippen LogP contribution in [0.3, 0.4) is 0 Å². The third-order valence-corrected chi connectivity index (χ3v) is 1.32. The Morgan fingerprint density at radius 1 is 1.62 bits per heavy atom. The summed E-state index contributed by atoms with van der Waals surface area (Å²) in [5, 5.41) is 2.31. The summed E-state index contributed by atoms with van der Waals surface area (Å²) in [5.41, 5.74) is -1.30. The van der Waals surface area contributed by atoms with Gasteiger partial charge in [0.25, 0.3) is 5.56 Å². The van der Waals surface area contributed by atoms with E-state index in [2.05, 4.69) is 12.2 Å². The molecule has 1 amide bonds. The van der Waals surface area contributed by atoms with Crippen molar-refractivity contribution >= 4 is 6.03 Å². The lowest BCUT2D eigenvalue weighted by Crippen LogP contribution is -2.39. The Hall–Kier alpha value is -1.85. The lowest BCUT2D eigenvalue weighted by molar-refractivity contribution is 0.242. The molecule has 0 saturated carbocycles. The largest absolute Gasteiger partial charge is 0.337 e. The van der Waals surface area contributed by atoms with Crippen molar-refractivity contribution in [3.05, 3.63) is 40.0 Å². The summed E-state index contributed by atoms with van der Waals surface area (Å²) in [7, 11) is 0. The number of hydrogen-bond acceptors (Lipinski definition) is 3. The predicted octanol–water partition coefficient (Wildman–Crippen LogP) is -1.07. The van der Waals surface area contributed by atoms with E-state index in [1.807, 2.05) is 4.98 Å². The second-order valence-corrected chi connectivity index (χ2v) is 2.21. The zero-order chi connectivity index (χ0) is 9.84. The topological polar surface area (TPSA) is 84.0 Å². The van der Waals surface area contributed by atoms with Crippen LogP contribution in [0.25, 0.3) is 0 Å². The number of H-pyrrole nitrogens is 1. The molecule has 0 unspecified atom stereocenters. The molecule has 1 radical (unpaired) electrons. The number of carbonyl (C=O) groups is 1. The normalized spacial score (nSPS) is 9.62. The molecule has 0 atom stereocenters. The summed E-state index contributed by atoms with van der Waals surface area (Å²) in [5.74, 6) is 0. The van der Waals surface area contributed by atoms with Crippen molar-refractivity contribution in [3.8, 4) is 0 Å². The van der Waals surface area contributed by atoms with Crippen LogP contribution in [0.15, 0.2) is 21.9 Å². The summed E-state index contributed by atoms with van der Waals surface area (Å²) in [6.07, 6.45) is 1.10. The number of nitrogens with one attached hydrogen (secondary N) is 2. The molecule has 0 aliphatic carbocycles. The van der Waals surface area contributed by atoms with Gasteiger partial charge >= 0.3 is 11.7 Å². The average Bonchev–Trinajstić information content (AvgIpc) is 2.04. The Kier molecular flexibility index (Phi) is 2.63. The van der Waals surface area contributed by atoms with Crippen LogP contribution in [0.2, 0.25) is 0 Å². The monoisotopic (exact) mass is 182 g/mol. The van der Waals surface area contributed by atoms with Gasteiger partial charge in [-0.3, -0.25) is 9.78 Å². The van der Waals surface area contributed by atoms with E-state index < -0.39 is 17.3 Å². The van der Waals surface area contributed by atoms with Gasteiger partial charge < -0.3 is 5.32 Å². The zero-order valence-corrected chi connectivity index (χ0v) is 6.74. The van der Waals surface area contributed by atoms with Crippen molar-refractivity contribution in [3.63, 3.8) is 0 Å². The third kappa shape index (κ3) is 2.05. The number of aromatic nitrogens is 2. The van der Waals surface area contributed by atoms with E-state index in [1.54, 1.807) is 0 Å². The van der Waals surface area contributed by atoms with E-state index in [1.165, 1.54) is 0 Å². The molecule has 0 aliphatic heterocycles. The average molecular weight is 182 g/mol. The first-order chi connectivity index (χ1) is 6.15. The summed E-state index contributed by atoms with van der Waals surface area (Å²) >= 11 is 0. The summed E-state index contributed by atoms with van der Waals surface area (Å²) in [6, 6.07) is 0.473. The number of carbonyl (C=O) groups excluding carboxylic acids is 1. The predicted molar refractivity (Wildman–Crippen MR) is 45.5 cm³/mol. The van der Waals surface area contributed by atoms with E-state index >= 15 is 0 Å². The maximum atomic E-state index is 11.1. The van der Waals surface area contributed by atoms with E-state index in [4.69, 9.17) is 0 Å². The minimum atomic E-state index is -0.765. The molecule has 0 spiro atoms. The smallest absolute Gasteiger partial charge is 0.336 e. The van der Waals surface area contributed by atoms with Gasteiger partial charge in [0, 0.05) is 18.8 Å². The SMILES string of the molecule is [CH2]CNC(=O)n1ccc(=O)[nH]c1=O. The molecule has 13 heavy (non-hydrogen) atoms. The highest BCUT2D eigenvalue weighted by atomic mass is 16.2. The van der Waals surface area contributed by atoms with E-state index in [0.29, 0.717) is 0 Å². The number of amides is 1. The van der Waals surface area contributed by atoms with Gasteiger partial charge in [-0.25, -0.2) is 14.2 Å². The van der Waals surface area contributed by atoms with Gasteiger partial charge in [0.1, 0.15) is 0 Å². The molecule has 2 N–H and O–H groups in total. The van der Waals surface area contributed by atoms with Crippen molar-refractivity contribution < 1.29 is 4.79 Å². The van der Waals surface area contributed by atoms with Gasteiger partial charge in [-0.1, -0.05) is 0 Å². The Morgan fingerprint density at radius 3 is 2.85 bits per heavy atom. The molecule has 6 heteroatoms. The molecule has 0 saturated heterocycles. The van der Waals surface area contributed by atoms with Crippen LogP contribution in [0, 0.1) is 6.92 Å². The molecule has 0 fully saturated rings. The summed E-state index contributed by atoms with van der Waals surface area (Å²) < 4.78 is 0.757. The molecule has 0 bridgehead atoms. The van der Waals surface area contributed by atoms with Gasteiger partial charge in [-0.2, -0.15) is 0 Å². The molecule has 1 aromatic rings. The van der Waals surface area contributed by atoms with Crippen molar-refractivity contribution in [2.45, 2.75) is 0 Å². The van der Waals surface area contributed by atoms with Crippen LogP contribution in [-0.2, 0) is 0 Å². The molecular weight excluding hydrogens is 174 g/mol. The fourth-order valence-electron chi connectivity index (χ4n) is 0.769. The fourth-order valence-corrected chi connectivity index (χ4v) is 0.769. The molecule has 0 aromatic carbocycles. The maximum Gasteiger partial charge on any atom is 0.336 e. The van der Waals surface area contributed by atoms with Gasteiger partial charge in [-0.05, 0) is 6.92 Å². The van der Waals surface area contributed by atoms with E-state index in [9.17, 15) is 14.4 Å². The molecule has 1 heterocycles. The Labute approximate surface area is 73.2 Å². The van der Waals surface area contributed by atoms with Crippen molar-refractivity contribution in [1.29, 1.82) is 0 Å². The van der Waals surface area contributed by atoms with Crippen molar-refractivity contribution in [1.82, 2.24) is 14.9 Å². The van der Waals surface area contributed by atoms with Crippen molar-refractivity contribution in [2.75, 3.05) is 6.54 Å². The van der Waals surface area contributed by atoms with Crippen LogP contribution in [0.1, 0.15) is 0 Å². The first-order valence-electron chi connectivity index (χ1n) is 3.54. The number of nitrogens with zero attached hydrogens (tertiary/aromatic N) is 1. The van der Waals surface area contributed by atoms with Crippen molar-refractivity contribution in [2.24, 2.45) is 0 Å². The van der Waals surface area contributed by atoms with Crippen LogP contribution in [0.4, 0.5) is 4.79 Å². The first kappa shape index (κ1) is 9.24. The lowest BCUT2D eigenvalue weighted by atomic mass is 10.6. The van der Waals surface area contributed by atoms with Crippen LogP contribution >= 0.6 is 0 Å². The molecule has 69 valence electrons. The van der Waals surface area contributed by atoms with E-state index in [0.717, 1.165) is 16.8 Å². The fraction of sp³-hybridized carbons (Fsp3) is 0.143. The highest BCUT2D eigenvalue weighted by Gasteiger charge is 2.03. The molecule has 1 rings (SSSR count). The summed E-state index contributed by atoms with van der Waals surface area (Å²) in [6.45, 7) is 3.55. The van der Waals surface area contributed by atoms with Gasteiger partial charge in [-0.15, -0.1) is 0 Å². The van der Waals surface area contributed by atoms with Gasteiger partial charge in [0.2, 0.25) is 0 Å². The van der Waals surface area contributed by atoms with Gasteiger partial charge in [0.05, 0.1) is 0 Å². The molecule has 1 aromatic heterocycles. The quantitative estimate of drug-likeness (QED) is 0.580. The highest BCUT2D eigenvalue weighted by molar-refractivity contribution is 5.76. The number of rotatable bonds is 1. The number of aromatic amines is 1. The Bertz CT molecular complexity index is 417. The highest BCUT2D eigenvalue weighted by Crippen LogP contribution is 1.74. The van der Waals surface area contributed by atoms with Gasteiger partial charge in [0.15, 0.2) is 0 Å². The Morgan fingerprint density at radius 2 is 2.31 bits per heavy atom. The maximum absolute atomic E-state index is 11.1. The van der Waals surface area contributed by atoms with Crippen LogP contribution in [0.5, 0.6) is 0 Å². The first-order valence-corrected chi connectivity index (χ1v) is 3.54. The lowest BCUT2D eigenvalue weighted by Gasteiger charge is -2.02. The van der Waals surface area contributed by atoms with E-state index in [-0.39, 0.29) is 6.54 Å².